The fraction of sp³-hybridized carbons (Fsp3) is 0.707. The minimum absolute atomic E-state index is 0.0217. The van der Waals surface area contributed by atoms with Crippen molar-refractivity contribution in [3.8, 4) is 0 Å². The molecule has 268 valence electrons. The lowest BCUT2D eigenvalue weighted by molar-refractivity contribution is -0.142. The van der Waals surface area contributed by atoms with E-state index in [1.165, 1.54) is 18.4 Å². The standard InChI is InChI=1S/C41H58N2O5S/c1-27-16-17-41(38(46)42-20-5-21-43-22-24-49(47,48)25-23-43)19-18-40(4)34-15-14-33-30(31(34)11-13-35(40)36(41)26-27)10-12-32(39(33,2)3)28-6-8-29(9-7-28)37(44)45/h6-9,12-13,27,30-31,33-34,36H,5,10-11,14-26H2,1-4H3,(H,42,46)(H,44,45)/t27-,30?,31-,33-,34?,36?,40+,41+/m1/s1. The first kappa shape index (κ1) is 35.0. The van der Waals surface area contributed by atoms with Gasteiger partial charge in [0.05, 0.1) is 22.5 Å². The maximum Gasteiger partial charge on any atom is 0.335 e. The zero-order chi connectivity index (χ0) is 34.8. The SMILES string of the molecule is C[C@@H]1CC[C@]2(C(=O)NCCCN3CCS(=O)(=O)CC3)CC[C@]3(C)C(=CC[C@@H]4C5CC=C(c6ccc(C(=O)O)cc6)C(C)(C)[C@@H]5CCC43)C2C1. The van der Waals surface area contributed by atoms with Gasteiger partial charge in [-0.15, -0.1) is 0 Å². The van der Waals surface area contributed by atoms with Crippen LogP contribution in [0.15, 0.2) is 42.0 Å². The van der Waals surface area contributed by atoms with Gasteiger partial charge in [0, 0.05) is 19.6 Å². The Labute approximate surface area is 294 Å². The van der Waals surface area contributed by atoms with Crippen LogP contribution < -0.4 is 5.32 Å². The van der Waals surface area contributed by atoms with Gasteiger partial charge in [-0.3, -0.25) is 4.79 Å². The predicted molar refractivity (Wildman–Crippen MR) is 195 cm³/mol. The van der Waals surface area contributed by atoms with Crippen LogP contribution in [0.1, 0.15) is 108 Å². The average Bonchev–Trinajstić information content (AvgIpc) is 3.07. The number of carbonyl (C=O) groups is 2. The molecule has 0 spiro atoms. The molecular formula is C41H58N2O5S. The monoisotopic (exact) mass is 690 g/mol. The normalized spacial score (nSPS) is 38.0. The summed E-state index contributed by atoms with van der Waals surface area (Å²) in [6.45, 7) is 12.5. The van der Waals surface area contributed by atoms with Crippen molar-refractivity contribution < 1.29 is 23.1 Å². The molecule has 3 unspecified atom stereocenters. The zero-order valence-electron chi connectivity index (χ0n) is 30.2. The second-order valence-electron chi connectivity index (χ2n) is 17.6. The summed E-state index contributed by atoms with van der Waals surface area (Å²) in [7, 11) is -2.88. The first-order valence-electron chi connectivity index (χ1n) is 19.2. The molecule has 1 aliphatic heterocycles. The Bertz CT molecular complexity index is 1610. The minimum atomic E-state index is -2.88. The molecule has 8 atom stereocenters. The van der Waals surface area contributed by atoms with Gasteiger partial charge in [-0.05, 0) is 140 Å². The number of hydrogen-bond acceptors (Lipinski definition) is 5. The maximum absolute atomic E-state index is 14.3. The molecule has 1 saturated heterocycles. The lowest BCUT2D eigenvalue weighted by Crippen LogP contribution is -2.58. The molecule has 7 rings (SSSR count). The van der Waals surface area contributed by atoms with Crippen molar-refractivity contribution in [3.05, 3.63) is 53.1 Å². The van der Waals surface area contributed by atoms with Crippen molar-refractivity contribution in [1.29, 1.82) is 0 Å². The molecular weight excluding hydrogens is 633 g/mol. The first-order valence-corrected chi connectivity index (χ1v) is 21.0. The van der Waals surface area contributed by atoms with Gasteiger partial charge in [-0.2, -0.15) is 0 Å². The number of carboxylic acid groups (broad SMARTS) is 1. The molecule has 6 aliphatic rings. The number of fused-ring (bicyclic) bond motifs is 7. The molecule has 2 N–H and O–H groups in total. The van der Waals surface area contributed by atoms with E-state index in [4.69, 9.17) is 0 Å². The largest absolute Gasteiger partial charge is 0.478 e. The van der Waals surface area contributed by atoms with Crippen LogP contribution in [0.3, 0.4) is 0 Å². The van der Waals surface area contributed by atoms with Crippen LogP contribution in [0.25, 0.3) is 5.57 Å². The molecule has 7 nitrogen and oxygen atoms in total. The third-order valence-electron chi connectivity index (χ3n) is 14.8. The number of sulfone groups is 1. The Hall–Kier alpha value is -2.45. The van der Waals surface area contributed by atoms with Gasteiger partial charge in [0.15, 0.2) is 9.84 Å². The number of hydrogen-bond donors (Lipinski definition) is 2. The molecule has 8 heteroatoms. The first-order chi connectivity index (χ1) is 23.2. The average molecular weight is 691 g/mol. The quantitative estimate of drug-likeness (QED) is 0.231. The molecule has 1 aromatic carbocycles. The number of amides is 1. The molecule has 1 amide bonds. The number of carboxylic acids is 1. The van der Waals surface area contributed by atoms with Gasteiger partial charge in [0.25, 0.3) is 0 Å². The van der Waals surface area contributed by atoms with Crippen LogP contribution in [-0.4, -0.2) is 68.0 Å². The third kappa shape index (κ3) is 6.15. The van der Waals surface area contributed by atoms with Crippen molar-refractivity contribution in [2.24, 2.45) is 51.8 Å². The van der Waals surface area contributed by atoms with Gasteiger partial charge in [0.2, 0.25) is 5.91 Å². The fourth-order valence-electron chi connectivity index (χ4n) is 12.0. The molecule has 1 heterocycles. The van der Waals surface area contributed by atoms with Crippen LogP contribution in [-0.2, 0) is 14.6 Å². The van der Waals surface area contributed by atoms with E-state index in [1.807, 2.05) is 12.1 Å². The number of rotatable bonds is 7. The molecule has 4 fully saturated rings. The number of aromatic carboxylic acids is 1. The Kier molecular flexibility index (Phi) is 9.24. The number of nitrogens with zero attached hydrogens (tertiary/aromatic N) is 1. The van der Waals surface area contributed by atoms with Gasteiger partial charge in [0.1, 0.15) is 0 Å². The van der Waals surface area contributed by atoms with Crippen molar-refractivity contribution in [1.82, 2.24) is 10.2 Å². The van der Waals surface area contributed by atoms with Gasteiger partial charge in [-0.25, -0.2) is 13.2 Å². The summed E-state index contributed by atoms with van der Waals surface area (Å²) in [5.41, 5.74) is 4.34. The number of benzene rings is 1. The highest BCUT2D eigenvalue weighted by Gasteiger charge is 2.61. The second kappa shape index (κ2) is 13.0. The van der Waals surface area contributed by atoms with Gasteiger partial charge >= 0.3 is 5.97 Å². The van der Waals surface area contributed by atoms with E-state index in [0.717, 1.165) is 63.5 Å². The summed E-state index contributed by atoms with van der Waals surface area (Å²) in [5, 5.41) is 12.8. The lowest BCUT2D eigenvalue weighted by Gasteiger charge is -2.63. The molecule has 0 bridgehead atoms. The molecule has 0 radical (unpaired) electrons. The van der Waals surface area contributed by atoms with E-state index in [-0.39, 0.29) is 33.7 Å². The summed E-state index contributed by atoms with van der Waals surface area (Å²) in [6, 6.07) is 7.48. The van der Waals surface area contributed by atoms with E-state index in [1.54, 1.807) is 17.7 Å². The summed E-state index contributed by atoms with van der Waals surface area (Å²) in [5.74, 6) is 3.40. The summed E-state index contributed by atoms with van der Waals surface area (Å²) in [6.07, 6.45) is 15.9. The lowest BCUT2D eigenvalue weighted by atomic mass is 9.41. The van der Waals surface area contributed by atoms with E-state index in [2.05, 4.69) is 50.1 Å². The van der Waals surface area contributed by atoms with Crippen LogP contribution in [0.2, 0.25) is 0 Å². The second-order valence-corrected chi connectivity index (χ2v) is 19.9. The zero-order valence-corrected chi connectivity index (χ0v) is 31.0. The van der Waals surface area contributed by atoms with Crippen molar-refractivity contribution in [2.75, 3.05) is 37.7 Å². The van der Waals surface area contributed by atoms with Crippen LogP contribution >= 0.6 is 0 Å². The predicted octanol–water partition coefficient (Wildman–Crippen LogP) is 7.25. The van der Waals surface area contributed by atoms with E-state index < -0.39 is 15.8 Å². The highest BCUT2D eigenvalue weighted by molar-refractivity contribution is 7.91. The van der Waals surface area contributed by atoms with Crippen molar-refractivity contribution in [2.45, 2.75) is 91.9 Å². The van der Waals surface area contributed by atoms with Crippen molar-refractivity contribution >= 4 is 27.3 Å². The summed E-state index contributed by atoms with van der Waals surface area (Å²) in [4.78, 5) is 27.9. The smallest absolute Gasteiger partial charge is 0.335 e. The van der Waals surface area contributed by atoms with Crippen molar-refractivity contribution in [3.63, 3.8) is 0 Å². The fourth-order valence-corrected chi connectivity index (χ4v) is 13.3. The molecule has 1 aromatic rings. The number of nitrogens with one attached hydrogen (secondary N) is 1. The Morgan fingerprint density at radius 3 is 2.31 bits per heavy atom. The Morgan fingerprint density at radius 2 is 1.59 bits per heavy atom. The van der Waals surface area contributed by atoms with E-state index >= 15 is 0 Å². The maximum atomic E-state index is 14.3. The van der Waals surface area contributed by atoms with E-state index in [9.17, 15) is 23.1 Å². The summed E-state index contributed by atoms with van der Waals surface area (Å²) >= 11 is 0. The number of allylic oxidation sites excluding steroid dienone is 4. The Balaban J connectivity index is 1.07. The third-order valence-corrected chi connectivity index (χ3v) is 16.4. The van der Waals surface area contributed by atoms with Crippen LogP contribution in [0, 0.1) is 51.8 Å². The summed E-state index contributed by atoms with van der Waals surface area (Å²) < 4.78 is 23.6. The highest BCUT2D eigenvalue weighted by atomic mass is 32.2. The number of carbonyl (C=O) groups excluding carboxylic acids is 1. The van der Waals surface area contributed by atoms with Gasteiger partial charge < -0.3 is 15.3 Å². The van der Waals surface area contributed by atoms with Crippen LogP contribution in [0.4, 0.5) is 0 Å². The topological polar surface area (TPSA) is 104 Å². The highest BCUT2D eigenvalue weighted by Crippen LogP contribution is 2.68. The molecule has 5 aliphatic carbocycles. The Morgan fingerprint density at radius 1 is 0.918 bits per heavy atom. The van der Waals surface area contributed by atoms with Crippen LogP contribution in [0.5, 0.6) is 0 Å². The molecule has 49 heavy (non-hydrogen) atoms. The molecule has 0 aromatic heterocycles. The minimum Gasteiger partial charge on any atom is -0.478 e. The van der Waals surface area contributed by atoms with E-state index in [0.29, 0.717) is 60.7 Å². The van der Waals surface area contributed by atoms with Gasteiger partial charge in [-0.1, -0.05) is 57.6 Å². The molecule has 3 saturated carbocycles.